The Bertz CT molecular complexity index is 1120. The first-order chi connectivity index (χ1) is 12.7. The number of hydrogen-bond donors (Lipinski definition) is 1. The molecular weight excluding hydrogens is 389 g/mol. The molecule has 27 heavy (non-hydrogen) atoms. The second-order valence-electron chi connectivity index (χ2n) is 6.31. The summed E-state index contributed by atoms with van der Waals surface area (Å²) in [6.45, 7) is 5.59. The van der Waals surface area contributed by atoms with Gasteiger partial charge in [0.05, 0.1) is 17.6 Å². The van der Waals surface area contributed by atoms with Gasteiger partial charge >= 0.3 is 0 Å². The molecule has 1 aliphatic rings. The minimum Gasteiger partial charge on any atom is -0.345 e. The summed E-state index contributed by atoms with van der Waals surface area (Å²) >= 11 is 1.53. The standard InChI is InChI=1S/C17H16FN7S.ClH/c1-10-8-25-9-11(6-12(18)15(25)21-10)13-7-20-14-16(22-13)26-17(23-14)24-4-2-19-3-5-24;/h6-9,19H,2-5H2,1H3;1H. The Kier molecular flexibility index (Phi) is 4.67. The number of pyridine rings is 1. The Morgan fingerprint density at radius 1 is 1.15 bits per heavy atom. The van der Waals surface area contributed by atoms with E-state index in [1.807, 2.05) is 13.1 Å². The largest absolute Gasteiger partial charge is 0.345 e. The number of aryl methyl sites for hydroxylation is 1. The number of nitrogens with one attached hydrogen (secondary N) is 1. The summed E-state index contributed by atoms with van der Waals surface area (Å²) < 4.78 is 16.0. The summed E-state index contributed by atoms with van der Waals surface area (Å²) in [4.78, 5) is 20.9. The summed E-state index contributed by atoms with van der Waals surface area (Å²) in [5, 5.41) is 4.27. The van der Waals surface area contributed by atoms with Gasteiger partial charge in [-0.15, -0.1) is 12.4 Å². The van der Waals surface area contributed by atoms with Crippen LogP contribution in [0.5, 0.6) is 0 Å². The molecule has 1 saturated heterocycles. The topological polar surface area (TPSA) is 71.2 Å². The molecule has 5 rings (SSSR count). The van der Waals surface area contributed by atoms with Gasteiger partial charge in [0.25, 0.3) is 0 Å². The van der Waals surface area contributed by atoms with Crippen LogP contribution in [0.4, 0.5) is 9.52 Å². The lowest BCUT2D eigenvalue weighted by Gasteiger charge is -2.26. The van der Waals surface area contributed by atoms with Crippen LogP contribution in [-0.2, 0) is 0 Å². The second-order valence-corrected chi connectivity index (χ2v) is 7.26. The van der Waals surface area contributed by atoms with Crippen LogP contribution >= 0.6 is 23.7 Å². The maximum Gasteiger partial charge on any atom is 0.191 e. The Labute approximate surface area is 164 Å². The SMILES string of the molecule is Cc1cn2cc(-c3cnc4nc(N5CCNCC5)sc4n3)cc(F)c2n1.Cl. The molecule has 140 valence electrons. The summed E-state index contributed by atoms with van der Waals surface area (Å²) in [6, 6.07) is 1.45. The van der Waals surface area contributed by atoms with Crippen LogP contribution in [0.3, 0.4) is 0 Å². The number of nitrogens with zero attached hydrogens (tertiary/aromatic N) is 6. The zero-order chi connectivity index (χ0) is 17.7. The van der Waals surface area contributed by atoms with Gasteiger partial charge in [-0.1, -0.05) is 11.3 Å². The van der Waals surface area contributed by atoms with E-state index in [2.05, 4.69) is 30.2 Å². The third-order valence-electron chi connectivity index (χ3n) is 4.42. The first-order valence-electron chi connectivity index (χ1n) is 8.42. The van der Waals surface area contributed by atoms with Crippen molar-refractivity contribution in [2.75, 3.05) is 31.1 Å². The minimum absolute atomic E-state index is 0. The fraction of sp³-hybridized carbons (Fsp3) is 0.294. The van der Waals surface area contributed by atoms with Crippen molar-refractivity contribution in [3.05, 3.63) is 36.2 Å². The van der Waals surface area contributed by atoms with Crippen LogP contribution in [0.25, 0.3) is 27.4 Å². The fourth-order valence-corrected chi connectivity index (χ4v) is 4.11. The van der Waals surface area contributed by atoms with Gasteiger partial charge in [-0.3, -0.25) is 0 Å². The van der Waals surface area contributed by atoms with Crippen molar-refractivity contribution in [2.24, 2.45) is 0 Å². The molecule has 10 heteroatoms. The number of fused-ring (bicyclic) bond motifs is 2. The van der Waals surface area contributed by atoms with Crippen molar-refractivity contribution >= 4 is 45.0 Å². The molecule has 0 atom stereocenters. The molecule has 0 aromatic carbocycles. The molecule has 0 saturated carbocycles. The van der Waals surface area contributed by atoms with E-state index in [0.717, 1.165) is 41.8 Å². The first kappa shape index (κ1) is 18.0. The zero-order valence-electron chi connectivity index (χ0n) is 14.5. The van der Waals surface area contributed by atoms with E-state index in [1.54, 1.807) is 16.8 Å². The maximum atomic E-state index is 14.4. The molecule has 1 N–H and O–H groups in total. The number of rotatable bonds is 2. The number of thiazole rings is 1. The lowest BCUT2D eigenvalue weighted by molar-refractivity contribution is 0.588. The van der Waals surface area contributed by atoms with Crippen molar-refractivity contribution in [1.82, 2.24) is 29.7 Å². The van der Waals surface area contributed by atoms with Gasteiger partial charge in [-0.05, 0) is 13.0 Å². The average molecular weight is 406 g/mol. The fourth-order valence-electron chi connectivity index (χ4n) is 3.16. The van der Waals surface area contributed by atoms with Crippen LogP contribution in [-0.4, -0.2) is 50.5 Å². The van der Waals surface area contributed by atoms with Gasteiger partial charge in [-0.25, -0.2) is 19.3 Å². The summed E-state index contributed by atoms with van der Waals surface area (Å²) in [7, 11) is 0. The Morgan fingerprint density at radius 3 is 2.78 bits per heavy atom. The maximum absolute atomic E-state index is 14.4. The molecule has 1 aliphatic heterocycles. The highest BCUT2D eigenvalue weighted by molar-refractivity contribution is 7.21. The van der Waals surface area contributed by atoms with Gasteiger partial charge in [0.2, 0.25) is 0 Å². The van der Waals surface area contributed by atoms with Crippen LogP contribution < -0.4 is 10.2 Å². The highest BCUT2D eigenvalue weighted by Crippen LogP contribution is 2.29. The van der Waals surface area contributed by atoms with Gasteiger partial charge in [-0.2, -0.15) is 4.98 Å². The molecule has 0 unspecified atom stereocenters. The first-order valence-corrected chi connectivity index (χ1v) is 9.23. The number of halogens is 2. The van der Waals surface area contributed by atoms with Gasteiger partial charge < -0.3 is 14.6 Å². The molecule has 0 aliphatic carbocycles. The number of anilines is 1. The van der Waals surface area contributed by atoms with Crippen LogP contribution in [0, 0.1) is 12.7 Å². The van der Waals surface area contributed by atoms with Crippen LogP contribution in [0.1, 0.15) is 5.69 Å². The number of hydrogen-bond acceptors (Lipinski definition) is 7. The highest BCUT2D eigenvalue weighted by atomic mass is 35.5. The Balaban J connectivity index is 0.00000180. The third-order valence-corrected chi connectivity index (χ3v) is 5.42. The predicted octanol–water partition coefficient (Wildman–Crippen LogP) is 2.68. The van der Waals surface area contributed by atoms with E-state index in [1.165, 1.54) is 17.4 Å². The van der Waals surface area contributed by atoms with Gasteiger partial charge in [0.15, 0.2) is 27.1 Å². The Hall–Kier alpha value is -2.36. The Morgan fingerprint density at radius 2 is 1.96 bits per heavy atom. The van der Waals surface area contributed by atoms with Crippen LogP contribution in [0.15, 0.2) is 24.7 Å². The van der Waals surface area contributed by atoms with Crippen molar-refractivity contribution in [2.45, 2.75) is 6.92 Å². The predicted molar refractivity (Wildman–Crippen MR) is 106 cm³/mol. The monoisotopic (exact) mass is 405 g/mol. The smallest absolute Gasteiger partial charge is 0.191 e. The molecule has 0 bridgehead atoms. The van der Waals surface area contributed by atoms with E-state index in [-0.39, 0.29) is 18.2 Å². The molecule has 0 amide bonds. The average Bonchev–Trinajstić information content (AvgIpc) is 3.24. The van der Waals surface area contributed by atoms with E-state index < -0.39 is 0 Å². The van der Waals surface area contributed by atoms with Gasteiger partial charge in [0.1, 0.15) is 0 Å². The zero-order valence-corrected chi connectivity index (χ0v) is 16.1. The van der Waals surface area contributed by atoms with Crippen molar-refractivity contribution in [3.63, 3.8) is 0 Å². The van der Waals surface area contributed by atoms with Gasteiger partial charge in [0, 0.05) is 44.1 Å². The normalized spacial score (nSPS) is 14.7. The highest BCUT2D eigenvalue weighted by Gasteiger charge is 2.17. The third kappa shape index (κ3) is 3.22. The molecule has 7 nitrogen and oxygen atoms in total. The minimum atomic E-state index is -0.372. The number of imidazole rings is 1. The van der Waals surface area contributed by atoms with Crippen LogP contribution in [0.2, 0.25) is 0 Å². The molecular formula is C17H17ClFN7S. The molecule has 0 radical (unpaired) electrons. The van der Waals surface area contributed by atoms with E-state index in [0.29, 0.717) is 22.6 Å². The number of aromatic nitrogens is 5. The van der Waals surface area contributed by atoms with Crippen molar-refractivity contribution in [3.8, 4) is 11.3 Å². The molecule has 1 fully saturated rings. The van der Waals surface area contributed by atoms with Crippen molar-refractivity contribution in [1.29, 1.82) is 0 Å². The number of piperazine rings is 1. The summed E-state index contributed by atoms with van der Waals surface area (Å²) in [5.41, 5.74) is 3.01. The van der Waals surface area contributed by atoms with Crippen molar-refractivity contribution < 1.29 is 4.39 Å². The lowest BCUT2D eigenvalue weighted by Crippen LogP contribution is -2.43. The van der Waals surface area contributed by atoms with E-state index >= 15 is 0 Å². The quantitative estimate of drug-likeness (QED) is 0.553. The summed E-state index contributed by atoms with van der Waals surface area (Å²) in [6.07, 6.45) is 5.27. The molecule has 5 heterocycles. The second kappa shape index (κ2) is 6.99. The lowest BCUT2D eigenvalue weighted by atomic mass is 10.2. The van der Waals surface area contributed by atoms with E-state index in [9.17, 15) is 4.39 Å². The van der Waals surface area contributed by atoms with E-state index in [4.69, 9.17) is 0 Å². The molecule has 4 aromatic heterocycles. The summed E-state index contributed by atoms with van der Waals surface area (Å²) in [5.74, 6) is -0.372. The molecule has 4 aromatic rings. The molecule has 0 spiro atoms.